The minimum Gasteiger partial charge on any atom is -0.406 e. The van der Waals surface area contributed by atoms with Gasteiger partial charge in [-0.15, -0.1) is 13.2 Å². The molecule has 1 fully saturated rings. The number of H-pyrrole nitrogens is 1. The van der Waals surface area contributed by atoms with Gasteiger partial charge in [0, 0.05) is 23.8 Å². The van der Waals surface area contributed by atoms with Crippen LogP contribution in [0.5, 0.6) is 5.75 Å². The molecule has 0 radical (unpaired) electrons. The van der Waals surface area contributed by atoms with E-state index < -0.39 is 44.0 Å². The molecule has 3 aromatic rings. The molecule has 1 saturated heterocycles. The van der Waals surface area contributed by atoms with Gasteiger partial charge in [-0.05, 0) is 62.6 Å². The summed E-state index contributed by atoms with van der Waals surface area (Å²) in [4.78, 5) is 33.4. The van der Waals surface area contributed by atoms with Crippen molar-refractivity contribution in [1.29, 1.82) is 0 Å². The quantitative estimate of drug-likeness (QED) is 0.474. The van der Waals surface area contributed by atoms with Crippen LogP contribution in [-0.4, -0.2) is 42.7 Å². The van der Waals surface area contributed by atoms with E-state index in [9.17, 15) is 31.2 Å². The number of nitrogens with zero attached hydrogens (tertiary/aromatic N) is 2. The van der Waals surface area contributed by atoms with Gasteiger partial charge in [0.1, 0.15) is 11.6 Å². The third-order valence-corrected chi connectivity index (χ3v) is 8.08. The number of aromatic nitrogens is 2. The molecule has 0 aliphatic carbocycles. The number of benzene rings is 1. The fraction of sp³-hybridized carbons (Fsp3) is 0.320. The smallest absolute Gasteiger partial charge is 0.406 e. The van der Waals surface area contributed by atoms with Gasteiger partial charge in [0.25, 0.3) is 21.5 Å². The van der Waals surface area contributed by atoms with Crippen LogP contribution in [0.1, 0.15) is 37.6 Å². The van der Waals surface area contributed by atoms with Gasteiger partial charge in [0.2, 0.25) is 0 Å². The number of rotatable bonds is 6. The van der Waals surface area contributed by atoms with Crippen LogP contribution in [-0.2, 0) is 10.0 Å². The van der Waals surface area contributed by atoms with Crippen molar-refractivity contribution < 1.29 is 31.1 Å². The number of halogens is 3. The lowest BCUT2D eigenvalue weighted by molar-refractivity contribution is -0.274. The molecule has 1 unspecified atom stereocenters. The van der Waals surface area contributed by atoms with Crippen molar-refractivity contribution in [3.8, 4) is 17.0 Å². The molecule has 1 aliphatic heterocycles. The Kier molecular flexibility index (Phi) is 6.99. The molecule has 0 saturated carbocycles. The molecule has 2 aromatic heterocycles. The number of carbonyl (C=O) groups is 1. The van der Waals surface area contributed by atoms with Crippen molar-refractivity contribution in [2.75, 3.05) is 11.4 Å². The zero-order valence-corrected chi connectivity index (χ0v) is 21.5. The number of amides is 1. The Labute approximate surface area is 216 Å². The summed E-state index contributed by atoms with van der Waals surface area (Å²) in [5, 5.41) is 0. The number of pyridine rings is 2. The highest BCUT2D eigenvalue weighted by atomic mass is 32.2. The van der Waals surface area contributed by atoms with Crippen molar-refractivity contribution in [2.45, 2.75) is 44.0 Å². The zero-order chi connectivity index (χ0) is 27.9. The molecule has 38 heavy (non-hydrogen) atoms. The second kappa shape index (κ2) is 9.78. The van der Waals surface area contributed by atoms with Crippen LogP contribution >= 0.6 is 0 Å². The fourth-order valence-electron chi connectivity index (χ4n) is 4.30. The van der Waals surface area contributed by atoms with Crippen LogP contribution in [0.4, 0.5) is 19.0 Å². The first-order chi connectivity index (χ1) is 17.7. The molecule has 13 heteroatoms. The van der Waals surface area contributed by atoms with E-state index in [1.165, 1.54) is 36.5 Å². The maximum atomic E-state index is 13.3. The van der Waals surface area contributed by atoms with E-state index in [4.69, 9.17) is 0 Å². The number of aromatic amines is 1. The lowest BCUT2D eigenvalue weighted by Crippen LogP contribution is -2.44. The second-order valence-electron chi connectivity index (χ2n) is 9.44. The van der Waals surface area contributed by atoms with Crippen LogP contribution in [0.25, 0.3) is 11.3 Å². The normalized spacial score (nSPS) is 17.3. The number of ether oxygens (including phenoxy) is 1. The summed E-state index contributed by atoms with van der Waals surface area (Å²) in [5.74, 6) is -1.09. The number of alkyl halides is 3. The Hall–Kier alpha value is -3.87. The number of nitrogens with one attached hydrogen (secondary N) is 2. The lowest BCUT2D eigenvalue weighted by Gasteiger charge is -2.36. The average Bonchev–Trinajstić information content (AvgIpc) is 3.09. The molecule has 1 atom stereocenters. The number of hydrogen-bond acceptors (Lipinski definition) is 7. The lowest BCUT2D eigenvalue weighted by atomic mass is 9.90. The van der Waals surface area contributed by atoms with Crippen molar-refractivity contribution in [2.24, 2.45) is 5.92 Å². The van der Waals surface area contributed by atoms with Crippen molar-refractivity contribution in [1.82, 2.24) is 14.7 Å². The predicted molar refractivity (Wildman–Crippen MR) is 133 cm³/mol. The molecular weight excluding hydrogens is 525 g/mol. The summed E-state index contributed by atoms with van der Waals surface area (Å²) in [7, 11) is -4.52. The first kappa shape index (κ1) is 27.2. The SMILES string of the molecule is CC1CCN(c2nc(-c3cccc(OC(F)(F)F)c3)ccc2C(=O)NS(=O)(=O)c2ccc[nH]c2=O)C1(C)C. The fourth-order valence-corrected chi connectivity index (χ4v) is 5.33. The van der Waals surface area contributed by atoms with Crippen molar-refractivity contribution in [3.05, 3.63) is 70.6 Å². The standard InChI is InChI=1S/C25H25F3N4O5S/c1-15-11-13-32(24(15,2)3)21-18(22(33)31-38(35,36)20-8-5-12-29-23(20)34)9-10-19(30-21)16-6-4-7-17(14-16)37-25(26,27)28/h4-10,12,14-15H,11,13H2,1-3H3,(H,29,34)(H,31,33). The summed E-state index contributed by atoms with van der Waals surface area (Å²) in [6, 6.07) is 10.4. The minimum atomic E-state index is -4.87. The third kappa shape index (κ3) is 5.52. The third-order valence-electron chi connectivity index (χ3n) is 6.72. The first-order valence-electron chi connectivity index (χ1n) is 11.6. The van der Waals surface area contributed by atoms with Crippen LogP contribution in [0, 0.1) is 5.92 Å². The number of sulfonamides is 1. The Morgan fingerprint density at radius 1 is 1.18 bits per heavy atom. The van der Waals surface area contributed by atoms with E-state index in [2.05, 4.69) is 14.7 Å². The molecule has 0 spiro atoms. The molecule has 1 aliphatic rings. The number of carbonyl (C=O) groups excluding carboxylic acids is 1. The van der Waals surface area contributed by atoms with Crippen LogP contribution in [0.3, 0.4) is 0 Å². The summed E-state index contributed by atoms with van der Waals surface area (Å²) >= 11 is 0. The molecule has 1 aromatic carbocycles. The summed E-state index contributed by atoms with van der Waals surface area (Å²) in [6.07, 6.45) is -2.84. The highest BCUT2D eigenvalue weighted by Crippen LogP contribution is 2.39. The molecule has 1 amide bonds. The predicted octanol–water partition coefficient (Wildman–Crippen LogP) is 4.08. The van der Waals surface area contributed by atoms with Gasteiger partial charge in [-0.2, -0.15) is 0 Å². The molecular formula is C25H25F3N4O5S. The van der Waals surface area contributed by atoms with Crippen LogP contribution < -0.4 is 19.9 Å². The number of hydrogen-bond donors (Lipinski definition) is 2. The van der Waals surface area contributed by atoms with Crippen molar-refractivity contribution >= 4 is 21.7 Å². The molecule has 9 nitrogen and oxygen atoms in total. The highest BCUT2D eigenvalue weighted by molar-refractivity contribution is 7.90. The Bertz CT molecular complexity index is 1540. The molecule has 2 N–H and O–H groups in total. The molecule has 0 bridgehead atoms. The number of anilines is 1. The van der Waals surface area contributed by atoms with Gasteiger partial charge < -0.3 is 14.6 Å². The van der Waals surface area contributed by atoms with E-state index in [0.717, 1.165) is 18.6 Å². The first-order valence-corrected chi connectivity index (χ1v) is 13.1. The maximum Gasteiger partial charge on any atom is 0.573 e. The highest BCUT2D eigenvalue weighted by Gasteiger charge is 2.41. The van der Waals surface area contributed by atoms with E-state index in [1.807, 2.05) is 30.4 Å². The second-order valence-corrected chi connectivity index (χ2v) is 11.1. The minimum absolute atomic E-state index is 0.0745. The van der Waals surface area contributed by atoms with E-state index in [-0.39, 0.29) is 23.0 Å². The van der Waals surface area contributed by atoms with Gasteiger partial charge in [-0.1, -0.05) is 19.1 Å². The van der Waals surface area contributed by atoms with Gasteiger partial charge in [0.15, 0.2) is 4.90 Å². The topological polar surface area (TPSA) is 121 Å². The average molecular weight is 551 g/mol. The zero-order valence-electron chi connectivity index (χ0n) is 20.7. The van der Waals surface area contributed by atoms with Crippen LogP contribution in [0.2, 0.25) is 0 Å². The van der Waals surface area contributed by atoms with Gasteiger partial charge in [-0.3, -0.25) is 9.59 Å². The molecule has 3 heterocycles. The van der Waals surface area contributed by atoms with E-state index in [0.29, 0.717) is 12.1 Å². The van der Waals surface area contributed by atoms with E-state index in [1.54, 1.807) is 6.07 Å². The van der Waals surface area contributed by atoms with Crippen molar-refractivity contribution in [3.63, 3.8) is 0 Å². The van der Waals surface area contributed by atoms with E-state index >= 15 is 0 Å². The molecule has 202 valence electrons. The van der Waals surface area contributed by atoms with Gasteiger partial charge >= 0.3 is 6.36 Å². The Balaban J connectivity index is 1.78. The monoisotopic (exact) mass is 550 g/mol. The summed E-state index contributed by atoms with van der Waals surface area (Å²) in [6.45, 7) is 6.46. The largest absolute Gasteiger partial charge is 0.573 e. The summed E-state index contributed by atoms with van der Waals surface area (Å²) < 4.78 is 69.7. The summed E-state index contributed by atoms with van der Waals surface area (Å²) in [5.41, 5.74) is -0.890. The van der Waals surface area contributed by atoms with Gasteiger partial charge in [-0.25, -0.2) is 18.1 Å². The van der Waals surface area contributed by atoms with Crippen LogP contribution in [0.15, 0.2) is 64.4 Å². The molecule has 4 rings (SSSR count). The Morgan fingerprint density at radius 3 is 2.55 bits per heavy atom. The maximum absolute atomic E-state index is 13.3. The van der Waals surface area contributed by atoms with Gasteiger partial charge in [0.05, 0.1) is 11.3 Å². The Morgan fingerprint density at radius 2 is 1.92 bits per heavy atom.